The third-order valence-corrected chi connectivity index (χ3v) is 6.34. The Morgan fingerprint density at radius 2 is 1.83 bits per heavy atom. The minimum absolute atomic E-state index is 0.0832. The Hall–Kier alpha value is -1.10. The molecule has 0 aromatic rings. The van der Waals surface area contributed by atoms with Gasteiger partial charge in [-0.1, -0.05) is 6.92 Å². The number of carbonyl (C=O) groups is 2. The summed E-state index contributed by atoms with van der Waals surface area (Å²) < 4.78 is 0. The van der Waals surface area contributed by atoms with Gasteiger partial charge in [0.05, 0.1) is 5.92 Å². The van der Waals surface area contributed by atoms with Gasteiger partial charge in [-0.25, -0.2) is 0 Å². The predicted molar refractivity (Wildman–Crippen MR) is 87.8 cm³/mol. The molecular weight excluding hydrogens is 290 g/mol. The van der Waals surface area contributed by atoms with Crippen LogP contribution < -0.4 is 0 Å². The van der Waals surface area contributed by atoms with E-state index in [0.29, 0.717) is 31.1 Å². The lowest BCUT2D eigenvalue weighted by Gasteiger charge is -2.35. The third-order valence-electron chi connectivity index (χ3n) is 6.34. The molecule has 128 valence electrons. The Balaban J connectivity index is 1.44. The van der Waals surface area contributed by atoms with Gasteiger partial charge in [0.1, 0.15) is 0 Å². The Bertz CT molecular complexity index is 491. The fourth-order valence-corrected chi connectivity index (χ4v) is 5.02. The van der Waals surface area contributed by atoms with Gasteiger partial charge in [-0.3, -0.25) is 14.5 Å². The zero-order valence-corrected chi connectivity index (χ0v) is 14.2. The highest BCUT2D eigenvalue weighted by Gasteiger charge is 2.46. The normalized spacial score (nSPS) is 35.5. The topological polar surface area (TPSA) is 43.9 Å². The lowest BCUT2D eigenvalue weighted by molar-refractivity contribution is -0.137. The van der Waals surface area contributed by atoms with Crippen molar-refractivity contribution in [2.75, 3.05) is 26.2 Å². The Morgan fingerprint density at radius 3 is 2.57 bits per heavy atom. The fraction of sp³-hybridized carbons (Fsp3) is 0.889. The van der Waals surface area contributed by atoms with Crippen molar-refractivity contribution in [1.82, 2.24) is 14.7 Å². The number of nitrogens with zero attached hydrogens (tertiary/aromatic N) is 3. The minimum Gasteiger partial charge on any atom is -0.339 e. The molecule has 1 aliphatic carbocycles. The third kappa shape index (κ3) is 2.77. The molecule has 5 nitrogen and oxygen atoms in total. The molecule has 4 fully saturated rings. The van der Waals surface area contributed by atoms with Crippen molar-refractivity contribution < 1.29 is 9.59 Å². The number of hydrogen-bond donors (Lipinski definition) is 0. The van der Waals surface area contributed by atoms with Crippen molar-refractivity contribution in [3.05, 3.63) is 0 Å². The van der Waals surface area contributed by atoms with E-state index in [1.165, 1.54) is 19.4 Å². The smallest absolute Gasteiger partial charge is 0.228 e. The first-order valence-corrected chi connectivity index (χ1v) is 9.53. The van der Waals surface area contributed by atoms with Crippen molar-refractivity contribution in [3.8, 4) is 0 Å². The van der Waals surface area contributed by atoms with Crippen LogP contribution in [-0.4, -0.2) is 70.8 Å². The van der Waals surface area contributed by atoms with Crippen LogP contribution >= 0.6 is 0 Å². The largest absolute Gasteiger partial charge is 0.339 e. The molecule has 0 N–H and O–H groups in total. The van der Waals surface area contributed by atoms with Gasteiger partial charge in [-0.2, -0.15) is 0 Å². The van der Waals surface area contributed by atoms with E-state index in [2.05, 4.69) is 16.7 Å². The van der Waals surface area contributed by atoms with Crippen molar-refractivity contribution in [2.24, 2.45) is 5.92 Å². The Labute approximate surface area is 139 Å². The summed E-state index contributed by atoms with van der Waals surface area (Å²) in [7, 11) is 0. The molecule has 0 unspecified atom stereocenters. The molecule has 0 bridgehead atoms. The quantitative estimate of drug-likeness (QED) is 0.788. The van der Waals surface area contributed by atoms with Crippen LogP contribution in [0.15, 0.2) is 0 Å². The maximum Gasteiger partial charge on any atom is 0.228 e. The molecule has 3 heterocycles. The van der Waals surface area contributed by atoms with Crippen LogP contribution in [0.2, 0.25) is 0 Å². The second-order valence-electron chi connectivity index (χ2n) is 7.76. The minimum atomic E-state index is -0.0832. The first-order valence-electron chi connectivity index (χ1n) is 9.53. The highest BCUT2D eigenvalue weighted by atomic mass is 16.2. The van der Waals surface area contributed by atoms with E-state index in [0.717, 1.165) is 38.8 Å². The van der Waals surface area contributed by atoms with Crippen LogP contribution in [0.5, 0.6) is 0 Å². The summed E-state index contributed by atoms with van der Waals surface area (Å²) in [6.45, 7) is 6.06. The summed E-state index contributed by atoms with van der Waals surface area (Å²) >= 11 is 0. The van der Waals surface area contributed by atoms with Gasteiger partial charge in [0, 0.05) is 37.6 Å². The first-order chi connectivity index (χ1) is 11.2. The van der Waals surface area contributed by atoms with Crippen molar-refractivity contribution in [2.45, 2.75) is 70.0 Å². The monoisotopic (exact) mass is 319 g/mol. The van der Waals surface area contributed by atoms with E-state index in [-0.39, 0.29) is 17.7 Å². The first kappa shape index (κ1) is 15.4. The predicted octanol–water partition coefficient (Wildman–Crippen LogP) is 1.47. The number of likely N-dealkylation sites (tertiary alicyclic amines) is 3. The lowest BCUT2D eigenvalue weighted by atomic mass is 10.0. The van der Waals surface area contributed by atoms with Crippen molar-refractivity contribution in [3.63, 3.8) is 0 Å². The highest BCUT2D eigenvalue weighted by molar-refractivity contribution is 5.89. The summed E-state index contributed by atoms with van der Waals surface area (Å²) in [4.78, 5) is 31.9. The van der Waals surface area contributed by atoms with Gasteiger partial charge in [-0.05, 0) is 51.6 Å². The molecule has 4 rings (SSSR count). The molecule has 4 aliphatic rings. The number of hydrogen-bond acceptors (Lipinski definition) is 3. The van der Waals surface area contributed by atoms with E-state index in [1.54, 1.807) is 0 Å². The molecule has 2 amide bonds. The number of carbonyl (C=O) groups excluding carboxylic acids is 2. The number of likely N-dealkylation sites (N-methyl/N-ethyl adjacent to an activating group) is 1. The molecule has 3 saturated heterocycles. The average Bonchev–Trinajstić information content (AvgIpc) is 2.99. The van der Waals surface area contributed by atoms with Crippen LogP contribution in [0.1, 0.15) is 51.9 Å². The summed E-state index contributed by atoms with van der Waals surface area (Å²) in [6.07, 6.45) is 7.45. The summed E-state index contributed by atoms with van der Waals surface area (Å²) in [5.41, 5.74) is 0. The number of amides is 2. The molecule has 1 saturated carbocycles. The molecule has 0 aromatic heterocycles. The van der Waals surface area contributed by atoms with E-state index in [1.807, 2.05) is 4.90 Å². The standard InChI is InChI=1S/C18H29N3O2/c1-2-19-9-3-5-15(19)16-6-4-10-20(16)18(23)13-11-17(22)21(12-13)14-7-8-14/h13-16H,2-12H2,1H3/t13-,15-,16+/m1/s1. The summed E-state index contributed by atoms with van der Waals surface area (Å²) in [5, 5.41) is 0. The SMILES string of the molecule is CCN1CCC[C@@H]1[C@@H]1CCCN1C(=O)[C@@H]1CC(=O)N(C2CC2)C1. The van der Waals surface area contributed by atoms with Gasteiger partial charge in [0.15, 0.2) is 0 Å². The molecule has 0 aromatic carbocycles. The molecule has 3 aliphatic heterocycles. The Kier molecular flexibility index (Phi) is 4.08. The maximum atomic E-state index is 13.1. The van der Waals surface area contributed by atoms with Crippen molar-refractivity contribution >= 4 is 11.8 Å². The molecule has 23 heavy (non-hydrogen) atoms. The molecule has 3 atom stereocenters. The molecule has 0 radical (unpaired) electrons. The average molecular weight is 319 g/mol. The van der Waals surface area contributed by atoms with Gasteiger partial charge in [0.2, 0.25) is 11.8 Å². The molecular formula is C18H29N3O2. The molecule has 0 spiro atoms. The van der Waals surface area contributed by atoms with Gasteiger partial charge < -0.3 is 9.80 Å². The van der Waals surface area contributed by atoms with Crippen LogP contribution in [-0.2, 0) is 9.59 Å². The van der Waals surface area contributed by atoms with Crippen LogP contribution in [0.3, 0.4) is 0 Å². The fourth-order valence-electron chi connectivity index (χ4n) is 5.02. The zero-order chi connectivity index (χ0) is 16.0. The highest BCUT2D eigenvalue weighted by Crippen LogP contribution is 2.35. The van der Waals surface area contributed by atoms with E-state index >= 15 is 0 Å². The summed E-state index contributed by atoms with van der Waals surface area (Å²) in [6, 6.07) is 1.37. The number of rotatable bonds is 4. The lowest BCUT2D eigenvalue weighted by Crippen LogP contribution is -2.50. The van der Waals surface area contributed by atoms with Gasteiger partial charge in [0.25, 0.3) is 0 Å². The second-order valence-corrected chi connectivity index (χ2v) is 7.76. The van der Waals surface area contributed by atoms with E-state index in [9.17, 15) is 9.59 Å². The van der Waals surface area contributed by atoms with Crippen LogP contribution in [0.4, 0.5) is 0 Å². The Morgan fingerprint density at radius 1 is 1.09 bits per heavy atom. The summed E-state index contributed by atoms with van der Waals surface area (Å²) in [5.74, 6) is 0.379. The van der Waals surface area contributed by atoms with E-state index in [4.69, 9.17) is 0 Å². The van der Waals surface area contributed by atoms with E-state index < -0.39 is 0 Å². The van der Waals surface area contributed by atoms with Crippen molar-refractivity contribution in [1.29, 1.82) is 0 Å². The van der Waals surface area contributed by atoms with Gasteiger partial charge in [-0.15, -0.1) is 0 Å². The molecule has 5 heteroatoms. The van der Waals surface area contributed by atoms with Gasteiger partial charge >= 0.3 is 0 Å². The maximum absolute atomic E-state index is 13.1. The van der Waals surface area contributed by atoms with Crippen LogP contribution in [0.25, 0.3) is 0 Å². The zero-order valence-electron chi connectivity index (χ0n) is 14.2. The second kappa shape index (κ2) is 6.08. The van der Waals surface area contributed by atoms with Crippen LogP contribution in [0, 0.1) is 5.92 Å².